The van der Waals surface area contributed by atoms with E-state index >= 15 is 0 Å². The van der Waals surface area contributed by atoms with E-state index in [1.807, 2.05) is 32.0 Å². The van der Waals surface area contributed by atoms with Crippen LogP contribution in [0, 0.1) is 0 Å². The standard InChI is InChI=1S/C26H33N3O6/c1-6-28(4)25(31)19-8-10-22(27-14-19)26(32)35-16-21-12-20(15-29(21)17(3)30)18-9-11-23(33-5)24(13-18)34-7-2/h8-11,13-14,20-21H,6-7,12,15-16H2,1-5H3/t20-,21-/m1/s1. The Balaban J connectivity index is 1.66. The SMILES string of the molecule is CCOc1cc([C@@H]2C[C@H](COC(=O)c3ccc(C(=O)N(C)CC)cn3)N(C(C)=O)C2)ccc1OC. The molecule has 0 aliphatic carbocycles. The van der Waals surface area contributed by atoms with Crippen LogP contribution in [0.1, 0.15) is 59.5 Å². The fraction of sp³-hybridized carbons (Fsp3) is 0.462. The topological polar surface area (TPSA) is 98.3 Å². The van der Waals surface area contributed by atoms with E-state index in [1.54, 1.807) is 30.0 Å². The maximum atomic E-state index is 12.6. The zero-order valence-corrected chi connectivity index (χ0v) is 20.9. The predicted octanol–water partition coefficient (Wildman–Crippen LogP) is 3.14. The molecular formula is C26H33N3O6. The van der Waals surface area contributed by atoms with Crippen LogP contribution < -0.4 is 9.47 Å². The van der Waals surface area contributed by atoms with Gasteiger partial charge in [0, 0.05) is 39.2 Å². The van der Waals surface area contributed by atoms with Crippen LogP contribution in [-0.2, 0) is 9.53 Å². The minimum absolute atomic E-state index is 0.0598. The van der Waals surface area contributed by atoms with Crippen molar-refractivity contribution in [1.29, 1.82) is 0 Å². The highest BCUT2D eigenvalue weighted by Gasteiger charge is 2.35. The molecule has 35 heavy (non-hydrogen) atoms. The second kappa shape index (κ2) is 11.7. The Bertz CT molecular complexity index is 1060. The number of esters is 1. The van der Waals surface area contributed by atoms with Crippen LogP contribution in [0.2, 0.25) is 0 Å². The minimum atomic E-state index is -0.595. The summed E-state index contributed by atoms with van der Waals surface area (Å²) >= 11 is 0. The summed E-state index contributed by atoms with van der Waals surface area (Å²) in [5.74, 6) is 0.557. The molecule has 9 nitrogen and oxygen atoms in total. The largest absolute Gasteiger partial charge is 0.493 e. The van der Waals surface area contributed by atoms with Gasteiger partial charge in [0.1, 0.15) is 12.3 Å². The number of methoxy groups -OCH3 is 1. The van der Waals surface area contributed by atoms with Crippen molar-refractivity contribution >= 4 is 17.8 Å². The molecular weight excluding hydrogens is 450 g/mol. The molecule has 0 spiro atoms. The molecule has 9 heteroatoms. The molecule has 1 aliphatic rings. The van der Waals surface area contributed by atoms with Gasteiger partial charge in [-0.25, -0.2) is 9.78 Å². The minimum Gasteiger partial charge on any atom is -0.493 e. The van der Waals surface area contributed by atoms with Gasteiger partial charge in [0.2, 0.25) is 5.91 Å². The Morgan fingerprint density at radius 3 is 2.51 bits per heavy atom. The highest BCUT2D eigenvalue weighted by molar-refractivity contribution is 5.95. The first kappa shape index (κ1) is 26.0. The van der Waals surface area contributed by atoms with Crippen LogP contribution in [0.25, 0.3) is 0 Å². The number of hydrogen-bond donors (Lipinski definition) is 0. The molecule has 0 N–H and O–H groups in total. The third kappa shape index (κ3) is 6.09. The lowest BCUT2D eigenvalue weighted by molar-refractivity contribution is -0.130. The third-order valence-electron chi connectivity index (χ3n) is 6.23. The molecule has 0 radical (unpaired) electrons. The number of likely N-dealkylation sites (tertiary alicyclic amines) is 1. The number of carbonyl (C=O) groups excluding carboxylic acids is 3. The molecule has 0 bridgehead atoms. The first-order valence-corrected chi connectivity index (χ1v) is 11.8. The number of hydrogen-bond acceptors (Lipinski definition) is 7. The molecule has 0 saturated carbocycles. The van der Waals surface area contributed by atoms with E-state index in [-0.39, 0.29) is 36.1 Å². The smallest absolute Gasteiger partial charge is 0.356 e. The van der Waals surface area contributed by atoms with Crippen LogP contribution in [-0.4, -0.2) is 79.1 Å². The quantitative estimate of drug-likeness (QED) is 0.505. The van der Waals surface area contributed by atoms with Crippen LogP contribution in [0.3, 0.4) is 0 Å². The Morgan fingerprint density at radius 1 is 1.14 bits per heavy atom. The molecule has 3 rings (SSSR count). The first-order chi connectivity index (χ1) is 16.8. The van der Waals surface area contributed by atoms with E-state index in [9.17, 15) is 14.4 Å². The highest BCUT2D eigenvalue weighted by Crippen LogP contribution is 2.37. The van der Waals surface area contributed by atoms with Crippen molar-refractivity contribution in [3.05, 3.63) is 53.3 Å². The lowest BCUT2D eigenvalue weighted by Gasteiger charge is -2.22. The van der Waals surface area contributed by atoms with E-state index in [1.165, 1.54) is 19.2 Å². The van der Waals surface area contributed by atoms with Crippen LogP contribution in [0.4, 0.5) is 0 Å². The molecule has 0 unspecified atom stereocenters. The molecule has 188 valence electrons. The van der Waals surface area contributed by atoms with Crippen molar-refractivity contribution in [2.24, 2.45) is 0 Å². The number of amides is 2. The number of carbonyl (C=O) groups is 3. The van der Waals surface area contributed by atoms with Gasteiger partial charge in [-0.05, 0) is 50.1 Å². The first-order valence-electron chi connectivity index (χ1n) is 11.8. The van der Waals surface area contributed by atoms with Crippen molar-refractivity contribution in [2.45, 2.75) is 39.2 Å². The number of ether oxygens (including phenoxy) is 3. The van der Waals surface area contributed by atoms with Crippen LogP contribution >= 0.6 is 0 Å². The fourth-order valence-electron chi connectivity index (χ4n) is 4.17. The molecule has 2 heterocycles. The second-order valence-electron chi connectivity index (χ2n) is 8.45. The average Bonchev–Trinajstić information content (AvgIpc) is 3.31. The summed E-state index contributed by atoms with van der Waals surface area (Å²) in [4.78, 5) is 44.5. The summed E-state index contributed by atoms with van der Waals surface area (Å²) in [6, 6.07) is 8.57. The van der Waals surface area contributed by atoms with Gasteiger partial charge < -0.3 is 24.0 Å². The second-order valence-corrected chi connectivity index (χ2v) is 8.45. The zero-order valence-electron chi connectivity index (χ0n) is 20.9. The number of benzene rings is 1. The van der Waals surface area contributed by atoms with Gasteiger partial charge in [-0.2, -0.15) is 0 Å². The molecule has 1 saturated heterocycles. The lowest BCUT2D eigenvalue weighted by atomic mass is 9.96. The summed E-state index contributed by atoms with van der Waals surface area (Å²) < 4.78 is 16.6. The van der Waals surface area contributed by atoms with E-state index in [0.29, 0.717) is 43.2 Å². The molecule has 2 amide bonds. The Hall–Kier alpha value is -3.62. The van der Waals surface area contributed by atoms with Crippen LogP contribution in [0.15, 0.2) is 36.5 Å². The normalized spacial score (nSPS) is 17.1. The summed E-state index contributed by atoms with van der Waals surface area (Å²) in [5, 5.41) is 0. The van der Waals surface area contributed by atoms with E-state index in [2.05, 4.69) is 4.98 Å². The number of aromatic nitrogens is 1. The van der Waals surface area contributed by atoms with Crippen LogP contribution in [0.5, 0.6) is 11.5 Å². The average molecular weight is 484 g/mol. The predicted molar refractivity (Wildman–Crippen MR) is 130 cm³/mol. The van der Waals surface area contributed by atoms with Gasteiger partial charge >= 0.3 is 5.97 Å². The van der Waals surface area contributed by atoms with Crippen molar-refractivity contribution in [2.75, 3.05) is 40.5 Å². The number of nitrogens with zero attached hydrogens (tertiary/aromatic N) is 3. The molecule has 1 fully saturated rings. The highest BCUT2D eigenvalue weighted by atomic mass is 16.5. The Morgan fingerprint density at radius 2 is 1.91 bits per heavy atom. The van der Waals surface area contributed by atoms with Crippen molar-refractivity contribution in [3.63, 3.8) is 0 Å². The fourth-order valence-corrected chi connectivity index (χ4v) is 4.17. The third-order valence-corrected chi connectivity index (χ3v) is 6.23. The van der Waals surface area contributed by atoms with E-state index in [0.717, 1.165) is 5.56 Å². The van der Waals surface area contributed by atoms with Gasteiger partial charge in [0.15, 0.2) is 11.5 Å². The molecule has 1 aromatic heterocycles. The monoisotopic (exact) mass is 483 g/mol. The van der Waals surface area contributed by atoms with Gasteiger partial charge in [0.05, 0.1) is 25.3 Å². The summed E-state index contributed by atoms with van der Waals surface area (Å²) in [5.41, 5.74) is 1.55. The molecule has 1 aromatic carbocycles. The maximum absolute atomic E-state index is 12.6. The molecule has 2 atom stereocenters. The van der Waals surface area contributed by atoms with E-state index < -0.39 is 5.97 Å². The van der Waals surface area contributed by atoms with Gasteiger partial charge in [-0.3, -0.25) is 9.59 Å². The lowest BCUT2D eigenvalue weighted by Crippen LogP contribution is -2.37. The molecule has 2 aromatic rings. The van der Waals surface area contributed by atoms with Crippen molar-refractivity contribution < 1.29 is 28.6 Å². The summed E-state index contributed by atoms with van der Waals surface area (Å²) in [6.45, 7) is 6.97. The number of rotatable bonds is 9. The van der Waals surface area contributed by atoms with Gasteiger partial charge in [-0.1, -0.05) is 6.07 Å². The zero-order chi connectivity index (χ0) is 25.5. The number of pyridine rings is 1. The molecule has 1 aliphatic heterocycles. The van der Waals surface area contributed by atoms with Gasteiger partial charge in [0.25, 0.3) is 5.91 Å². The Kier molecular flexibility index (Phi) is 8.68. The maximum Gasteiger partial charge on any atom is 0.356 e. The summed E-state index contributed by atoms with van der Waals surface area (Å²) in [6.07, 6.45) is 2.02. The summed E-state index contributed by atoms with van der Waals surface area (Å²) in [7, 11) is 3.29. The Labute approximate surface area is 206 Å². The van der Waals surface area contributed by atoms with E-state index in [4.69, 9.17) is 14.2 Å². The van der Waals surface area contributed by atoms with Crippen molar-refractivity contribution in [1.82, 2.24) is 14.8 Å². The van der Waals surface area contributed by atoms with Gasteiger partial charge in [-0.15, -0.1) is 0 Å². The van der Waals surface area contributed by atoms with Crippen molar-refractivity contribution in [3.8, 4) is 11.5 Å².